The topological polar surface area (TPSA) is 108 Å². The fourth-order valence-electron chi connectivity index (χ4n) is 3.44. The maximum absolute atomic E-state index is 12.8. The second-order valence-electron chi connectivity index (χ2n) is 6.96. The van der Waals surface area contributed by atoms with Crippen LogP contribution in [-0.4, -0.2) is 41.4 Å². The van der Waals surface area contributed by atoms with Crippen LogP contribution in [0, 0.1) is 0 Å². The van der Waals surface area contributed by atoms with Gasteiger partial charge in [0.05, 0.1) is 0 Å². The molecule has 1 saturated heterocycles. The molecule has 9 heteroatoms. The van der Waals surface area contributed by atoms with Gasteiger partial charge in [-0.1, -0.05) is 40.9 Å². The Bertz CT molecular complexity index is 793. The van der Waals surface area contributed by atoms with Crippen molar-refractivity contribution in [2.75, 3.05) is 6.54 Å². The lowest BCUT2D eigenvalue weighted by atomic mass is 9.92. The number of hydrogen-bond donors (Lipinski definition) is 3. The number of carbonyl (C=O) groups is 4. The molecule has 144 valence electrons. The second kappa shape index (κ2) is 7.67. The molecule has 1 aromatic rings. The molecule has 1 atom stereocenters. The second-order valence-corrected chi connectivity index (χ2v) is 7.88. The van der Waals surface area contributed by atoms with E-state index in [0.29, 0.717) is 5.56 Å². The highest BCUT2D eigenvalue weighted by molar-refractivity contribution is 9.10. The summed E-state index contributed by atoms with van der Waals surface area (Å²) in [5.41, 5.74) is -0.676. The van der Waals surface area contributed by atoms with Crippen molar-refractivity contribution in [2.45, 2.75) is 44.2 Å². The lowest BCUT2D eigenvalue weighted by Crippen LogP contribution is -2.48. The largest absolute Gasteiger partial charge is 0.335 e. The predicted molar refractivity (Wildman–Crippen MR) is 101 cm³/mol. The SMILES string of the molecule is CC1(c2cccc(Br)c2)NC(=O)N(CC(=O)NC(=O)NC2CCCC2)C1=O. The van der Waals surface area contributed by atoms with Crippen LogP contribution in [0.1, 0.15) is 38.2 Å². The number of halogens is 1. The van der Waals surface area contributed by atoms with Crippen LogP contribution >= 0.6 is 15.9 Å². The number of benzene rings is 1. The Morgan fingerprint density at radius 3 is 2.67 bits per heavy atom. The molecular weight excluding hydrogens is 416 g/mol. The van der Waals surface area contributed by atoms with Gasteiger partial charge in [-0.3, -0.25) is 19.8 Å². The van der Waals surface area contributed by atoms with Crippen molar-refractivity contribution in [3.05, 3.63) is 34.3 Å². The number of hydrogen-bond acceptors (Lipinski definition) is 4. The Kier molecular flexibility index (Phi) is 5.50. The summed E-state index contributed by atoms with van der Waals surface area (Å²) < 4.78 is 0.767. The average Bonchev–Trinajstić information content (AvgIpc) is 3.18. The molecule has 1 aromatic carbocycles. The van der Waals surface area contributed by atoms with Gasteiger partial charge in [-0.2, -0.15) is 0 Å². The van der Waals surface area contributed by atoms with Crippen molar-refractivity contribution in [1.82, 2.24) is 20.9 Å². The molecule has 0 bridgehead atoms. The van der Waals surface area contributed by atoms with E-state index in [1.807, 2.05) is 6.07 Å². The highest BCUT2D eigenvalue weighted by Gasteiger charge is 2.49. The monoisotopic (exact) mass is 436 g/mol. The molecule has 0 spiro atoms. The molecule has 8 nitrogen and oxygen atoms in total. The molecule has 1 saturated carbocycles. The van der Waals surface area contributed by atoms with Gasteiger partial charge in [-0.15, -0.1) is 0 Å². The maximum Gasteiger partial charge on any atom is 0.325 e. The van der Waals surface area contributed by atoms with Crippen LogP contribution in [0.15, 0.2) is 28.7 Å². The summed E-state index contributed by atoms with van der Waals surface area (Å²) in [4.78, 5) is 49.9. The summed E-state index contributed by atoms with van der Waals surface area (Å²) in [6, 6.07) is 5.81. The van der Waals surface area contributed by atoms with Crippen molar-refractivity contribution in [1.29, 1.82) is 0 Å². The summed E-state index contributed by atoms with van der Waals surface area (Å²) in [6.07, 6.45) is 3.88. The van der Waals surface area contributed by atoms with Gasteiger partial charge >= 0.3 is 12.1 Å². The van der Waals surface area contributed by atoms with Crippen LogP contribution in [0.4, 0.5) is 9.59 Å². The molecule has 3 N–H and O–H groups in total. The lowest BCUT2D eigenvalue weighted by molar-refractivity contribution is -0.134. The van der Waals surface area contributed by atoms with Gasteiger partial charge in [0.1, 0.15) is 12.1 Å². The van der Waals surface area contributed by atoms with Crippen molar-refractivity contribution in [3.8, 4) is 0 Å². The van der Waals surface area contributed by atoms with Gasteiger partial charge in [0.25, 0.3) is 5.91 Å². The Morgan fingerprint density at radius 2 is 2.00 bits per heavy atom. The molecule has 1 unspecified atom stereocenters. The Hall–Kier alpha value is -2.42. The summed E-state index contributed by atoms with van der Waals surface area (Å²) in [5.74, 6) is -1.26. The Labute approximate surface area is 165 Å². The number of nitrogens with zero attached hydrogens (tertiary/aromatic N) is 1. The summed E-state index contributed by atoms with van der Waals surface area (Å²) >= 11 is 3.34. The standard InChI is InChI=1S/C18H21BrN4O4/c1-18(11-5-4-6-12(19)9-11)15(25)23(17(27)22-18)10-14(24)21-16(26)20-13-7-2-3-8-13/h4-6,9,13H,2-3,7-8,10H2,1H3,(H,22,27)(H2,20,21,24,26). The van der Waals surface area contributed by atoms with E-state index in [9.17, 15) is 19.2 Å². The normalized spacial score (nSPS) is 22.7. The zero-order chi connectivity index (χ0) is 19.6. The van der Waals surface area contributed by atoms with Gasteiger partial charge < -0.3 is 10.6 Å². The summed E-state index contributed by atoms with van der Waals surface area (Å²) in [5, 5.41) is 7.53. The molecule has 1 aliphatic carbocycles. The van der Waals surface area contributed by atoms with Crippen molar-refractivity contribution in [2.24, 2.45) is 0 Å². The van der Waals surface area contributed by atoms with Crippen molar-refractivity contribution >= 4 is 39.8 Å². The van der Waals surface area contributed by atoms with Crippen molar-refractivity contribution < 1.29 is 19.2 Å². The van der Waals surface area contributed by atoms with E-state index in [-0.39, 0.29) is 6.04 Å². The fraction of sp³-hybridized carbons (Fsp3) is 0.444. The van der Waals surface area contributed by atoms with Crippen LogP contribution < -0.4 is 16.0 Å². The zero-order valence-electron chi connectivity index (χ0n) is 14.9. The number of imide groups is 2. The summed E-state index contributed by atoms with van der Waals surface area (Å²) in [6.45, 7) is 1.06. The number of rotatable bonds is 4. The minimum atomic E-state index is -1.27. The van der Waals surface area contributed by atoms with Gasteiger partial charge in [0.15, 0.2) is 0 Å². The molecule has 1 heterocycles. The van der Waals surface area contributed by atoms with E-state index in [2.05, 4.69) is 31.9 Å². The van der Waals surface area contributed by atoms with Crippen molar-refractivity contribution in [3.63, 3.8) is 0 Å². The highest BCUT2D eigenvalue weighted by Crippen LogP contribution is 2.30. The lowest BCUT2D eigenvalue weighted by Gasteiger charge is -2.22. The third-order valence-electron chi connectivity index (χ3n) is 4.92. The van der Waals surface area contributed by atoms with E-state index >= 15 is 0 Å². The molecule has 1 aliphatic heterocycles. The number of nitrogens with one attached hydrogen (secondary N) is 3. The van der Waals surface area contributed by atoms with E-state index < -0.39 is 36.0 Å². The molecule has 3 rings (SSSR count). The third-order valence-corrected chi connectivity index (χ3v) is 5.42. The first-order valence-corrected chi connectivity index (χ1v) is 9.59. The predicted octanol–water partition coefficient (Wildman–Crippen LogP) is 1.98. The molecule has 27 heavy (non-hydrogen) atoms. The summed E-state index contributed by atoms with van der Waals surface area (Å²) in [7, 11) is 0. The molecule has 6 amide bonds. The minimum absolute atomic E-state index is 0.0642. The first-order valence-electron chi connectivity index (χ1n) is 8.80. The van der Waals surface area contributed by atoms with Gasteiger partial charge in [0, 0.05) is 10.5 Å². The molecule has 2 fully saturated rings. The van der Waals surface area contributed by atoms with E-state index in [1.165, 1.54) is 0 Å². The third kappa shape index (κ3) is 4.13. The smallest absolute Gasteiger partial charge is 0.325 e. The Balaban J connectivity index is 1.63. The molecule has 0 radical (unpaired) electrons. The van der Waals surface area contributed by atoms with Gasteiger partial charge in [-0.25, -0.2) is 9.59 Å². The average molecular weight is 437 g/mol. The minimum Gasteiger partial charge on any atom is -0.335 e. The first kappa shape index (κ1) is 19.3. The molecule has 0 aromatic heterocycles. The van der Waals surface area contributed by atoms with Crippen LogP contribution in [0.25, 0.3) is 0 Å². The van der Waals surface area contributed by atoms with E-state index in [4.69, 9.17) is 0 Å². The number of amides is 6. The maximum atomic E-state index is 12.8. The number of urea groups is 2. The van der Waals surface area contributed by atoms with Crippen LogP contribution in [0.2, 0.25) is 0 Å². The quantitative estimate of drug-likeness (QED) is 0.627. The van der Waals surface area contributed by atoms with Crippen LogP contribution in [0.5, 0.6) is 0 Å². The molecular formula is C18H21BrN4O4. The number of carbonyl (C=O) groups excluding carboxylic acids is 4. The van der Waals surface area contributed by atoms with Gasteiger partial charge in [-0.05, 0) is 37.5 Å². The first-order chi connectivity index (χ1) is 12.8. The fourth-order valence-corrected chi connectivity index (χ4v) is 3.84. The van der Waals surface area contributed by atoms with Crippen LogP contribution in [-0.2, 0) is 15.1 Å². The van der Waals surface area contributed by atoms with E-state index in [0.717, 1.165) is 35.1 Å². The molecule has 2 aliphatic rings. The van der Waals surface area contributed by atoms with E-state index in [1.54, 1.807) is 25.1 Å². The Morgan fingerprint density at radius 1 is 1.30 bits per heavy atom. The van der Waals surface area contributed by atoms with Crippen LogP contribution in [0.3, 0.4) is 0 Å². The van der Waals surface area contributed by atoms with Gasteiger partial charge in [0.2, 0.25) is 5.91 Å². The highest BCUT2D eigenvalue weighted by atomic mass is 79.9. The zero-order valence-corrected chi connectivity index (χ0v) is 16.5.